The molecule has 0 amide bonds. The summed E-state index contributed by atoms with van der Waals surface area (Å²) in [6.45, 7) is 0.997. The Morgan fingerprint density at radius 1 is 1.44 bits per heavy atom. The molecule has 1 aliphatic rings. The fourth-order valence-electron chi connectivity index (χ4n) is 1.87. The van der Waals surface area contributed by atoms with Gasteiger partial charge in [0.15, 0.2) is 0 Å². The molecule has 1 aromatic rings. The molecule has 18 heavy (non-hydrogen) atoms. The summed E-state index contributed by atoms with van der Waals surface area (Å²) in [6.07, 6.45) is 3.21. The van der Waals surface area contributed by atoms with Crippen LogP contribution in [0.4, 0.5) is 0 Å². The first-order valence-electron chi connectivity index (χ1n) is 5.81. The largest absolute Gasteiger partial charge is 0.377 e. The van der Waals surface area contributed by atoms with Gasteiger partial charge in [-0.1, -0.05) is 0 Å². The van der Waals surface area contributed by atoms with Gasteiger partial charge in [0.05, 0.1) is 25.1 Å². The lowest BCUT2D eigenvalue weighted by molar-refractivity contribution is 0.0350. The lowest BCUT2D eigenvalue weighted by Gasteiger charge is -2.31. The van der Waals surface area contributed by atoms with Crippen molar-refractivity contribution in [3.8, 4) is 0 Å². The molecule has 0 aromatic carbocycles. The normalized spacial score (nSPS) is 21.9. The van der Waals surface area contributed by atoms with E-state index in [2.05, 4.69) is 4.98 Å². The van der Waals surface area contributed by atoms with Crippen molar-refractivity contribution in [3.63, 3.8) is 0 Å². The van der Waals surface area contributed by atoms with E-state index in [4.69, 9.17) is 10.5 Å². The monoisotopic (exact) mass is 271 g/mol. The Morgan fingerprint density at radius 3 is 2.83 bits per heavy atom. The van der Waals surface area contributed by atoms with Crippen molar-refractivity contribution in [3.05, 3.63) is 30.1 Å². The standard InChI is InChI=1S/C11H17N3O3S/c12-11-9-17-7-6-14(11)18(15,16)8-3-10-1-4-13-5-2-10/h1-2,4-5,11H,3,6-9,12H2. The summed E-state index contributed by atoms with van der Waals surface area (Å²) in [5.41, 5.74) is 6.70. The van der Waals surface area contributed by atoms with Gasteiger partial charge in [0.25, 0.3) is 0 Å². The first-order chi connectivity index (χ1) is 8.59. The minimum Gasteiger partial charge on any atom is -0.377 e. The molecule has 2 rings (SSSR count). The average Bonchev–Trinajstić information content (AvgIpc) is 2.38. The lowest BCUT2D eigenvalue weighted by Crippen LogP contribution is -2.54. The number of pyridine rings is 1. The highest BCUT2D eigenvalue weighted by Crippen LogP contribution is 2.11. The van der Waals surface area contributed by atoms with Crippen molar-refractivity contribution in [2.45, 2.75) is 12.6 Å². The predicted molar refractivity (Wildman–Crippen MR) is 67.2 cm³/mol. The van der Waals surface area contributed by atoms with Crippen molar-refractivity contribution < 1.29 is 13.2 Å². The number of hydrogen-bond acceptors (Lipinski definition) is 5. The second kappa shape index (κ2) is 5.75. The zero-order valence-corrected chi connectivity index (χ0v) is 10.8. The quantitative estimate of drug-likeness (QED) is 0.803. The van der Waals surface area contributed by atoms with Crippen LogP contribution < -0.4 is 5.73 Å². The number of hydrogen-bond donors (Lipinski definition) is 1. The number of aromatic nitrogens is 1. The second-order valence-corrected chi connectivity index (χ2v) is 6.22. The number of nitrogens with zero attached hydrogens (tertiary/aromatic N) is 2. The number of sulfonamides is 1. The maximum Gasteiger partial charge on any atom is 0.215 e. The summed E-state index contributed by atoms with van der Waals surface area (Å²) in [5.74, 6) is 0.0602. The molecular formula is C11H17N3O3S. The van der Waals surface area contributed by atoms with Crippen molar-refractivity contribution in [1.82, 2.24) is 9.29 Å². The molecule has 2 N–H and O–H groups in total. The lowest BCUT2D eigenvalue weighted by atomic mass is 10.2. The highest BCUT2D eigenvalue weighted by atomic mass is 32.2. The zero-order valence-electron chi connectivity index (χ0n) is 10.0. The maximum atomic E-state index is 12.1. The van der Waals surface area contributed by atoms with Crippen LogP contribution in [0.1, 0.15) is 5.56 Å². The number of ether oxygens (including phenoxy) is 1. The van der Waals surface area contributed by atoms with Crippen LogP contribution in [-0.2, 0) is 21.2 Å². The maximum absolute atomic E-state index is 12.1. The van der Waals surface area contributed by atoms with Crippen molar-refractivity contribution in [2.24, 2.45) is 5.73 Å². The number of nitrogens with two attached hydrogens (primary N) is 1. The van der Waals surface area contributed by atoms with E-state index in [1.165, 1.54) is 4.31 Å². The summed E-state index contributed by atoms with van der Waals surface area (Å²) >= 11 is 0. The first kappa shape index (κ1) is 13.4. The SMILES string of the molecule is NC1COCCN1S(=O)(=O)CCc1ccncc1. The van der Waals surface area contributed by atoms with Gasteiger partial charge in [-0.05, 0) is 24.1 Å². The first-order valence-corrected chi connectivity index (χ1v) is 7.42. The van der Waals surface area contributed by atoms with E-state index in [1.54, 1.807) is 12.4 Å². The fourth-order valence-corrected chi connectivity index (χ4v) is 3.42. The van der Waals surface area contributed by atoms with Crippen LogP contribution in [-0.4, -0.2) is 49.4 Å². The van der Waals surface area contributed by atoms with E-state index >= 15 is 0 Å². The Hall–Kier alpha value is -1.02. The molecular weight excluding hydrogens is 254 g/mol. The third-order valence-electron chi connectivity index (χ3n) is 2.87. The third kappa shape index (κ3) is 3.26. The molecule has 6 nitrogen and oxygen atoms in total. The highest BCUT2D eigenvalue weighted by molar-refractivity contribution is 7.89. The smallest absolute Gasteiger partial charge is 0.215 e. The van der Waals surface area contributed by atoms with Crippen LogP contribution in [0.3, 0.4) is 0 Å². The van der Waals surface area contributed by atoms with Gasteiger partial charge >= 0.3 is 0 Å². The van der Waals surface area contributed by atoms with Crippen LogP contribution in [0.5, 0.6) is 0 Å². The minimum atomic E-state index is -3.32. The summed E-state index contributed by atoms with van der Waals surface area (Å²) in [7, 11) is -3.32. The van der Waals surface area contributed by atoms with Gasteiger partial charge < -0.3 is 10.5 Å². The number of rotatable bonds is 4. The van der Waals surface area contributed by atoms with E-state index < -0.39 is 16.2 Å². The third-order valence-corrected chi connectivity index (χ3v) is 4.76. The zero-order chi connectivity index (χ0) is 13.0. The van der Waals surface area contributed by atoms with Gasteiger partial charge in [-0.25, -0.2) is 8.42 Å². The topological polar surface area (TPSA) is 85.5 Å². The summed E-state index contributed by atoms with van der Waals surface area (Å²) < 4.78 is 30.7. The van der Waals surface area contributed by atoms with E-state index in [9.17, 15) is 8.42 Å². The molecule has 1 aromatic heterocycles. The van der Waals surface area contributed by atoms with E-state index in [-0.39, 0.29) is 12.4 Å². The highest BCUT2D eigenvalue weighted by Gasteiger charge is 2.30. The van der Waals surface area contributed by atoms with Crippen molar-refractivity contribution in [2.75, 3.05) is 25.5 Å². The van der Waals surface area contributed by atoms with E-state index in [0.29, 0.717) is 19.6 Å². The van der Waals surface area contributed by atoms with Gasteiger partial charge in [-0.2, -0.15) is 4.31 Å². The van der Waals surface area contributed by atoms with Gasteiger partial charge in [0.2, 0.25) is 10.0 Å². The van der Waals surface area contributed by atoms with Gasteiger partial charge in [-0.3, -0.25) is 4.98 Å². The van der Waals surface area contributed by atoms with Gasteiger partial charge in [0.1, 0.15) is 0 Å². The fraction of sp³-hybridized carbons (Fsp3) is 0.545. The molecule has 0 bridgehead atoms. The van der Waals surface area contributed by atoms with Crippen LogP contribution >= 0.6 is 0 Å². The molecule has 7 heteroatoms. The Kier molecular flexibility index (Phi) is 4.28. The molecule has 0 spiro atoms. The molecule has 1 saturated heterocycles. The molecule has 1 aliphatic heterocycles. The molecule has 0 aliphatic carbocycles. The minimum absolute atomic E-state index is 0.0602. The molecule has 1 unspecified atom stereocenters. The van der Waals surface area contributed by atoms with Crippen LogP contribution in [0.15, 0.2) is 24.5 Å². The molecule has 0 saturated carbocycles. The Labute approximate surface area is 107 Å². The van der Waals surface area contributed by atoms with Gasteiger partial charge in [-0.15, -0.1) is 0 Å². The summed E-state index contributed by atoms with van der Waals surface area (Å²) in [6, 6.07) is 3.63. The molecule has 2 heterocycles. The van der Waals surface area contributed by atoms with E-state index in [1.807, 2.05) is 12.1 Å². The Bertz CT molecular complexity index is 478. The molecule has 1 atom stereocenters. The second-order valence-electron chi connectivity index (χ2n) is 4.17. The molecule has 0 radical (unpaired) electrons. The summed E-state index contributed by atoms with van der Waals surface area (Å²) in [5, 5.41) is 0. The molecule has 1 fully saturated rings. The average molecular weight is 271 g/mol. The summed E-state index contributed by atoms with van der Waals surface area (Å²) in [4.78, 5) is 3.90. The van der Waals surface area contributed by atoms with E-state index in [0.717, 1.165) is 5.56 Å². The Morgan fingerprint density at radius 2 is 2.17 bits per heavy atom. The van der Waals surface area contributed by atoms with Crippen LogP contribution in [0, 0.1) is 0 Å². The van der Waals surface area contributed by atoms with Crippen LogP contribution in [0.25, 0.3) is 0 Å². The van der Waals surface area contributed by atoms with Crippen molar-refractivity contribution in [1.29, 1.82) is 0 Å². The van der Waals surface area contributed by atoms with Crippen LogP contribution in [0.2, 0.25) is 0 Å². The number of morpholine rings is 1. The van der Waals surface area contributed by atoms with Gasteiger partial charge in [0, 0.05) is 18.9 Å². The predicted octanol–water partition coefficient (Wildman–Crippen LogP) is -0.429. The van der Waals surface area contributed by atoms with Crippen molar-refractivity contribution >= 4 is 10.0 Å². The Balaban J connectivity index is 1.99. The molecule has 100 valence electrons. The number of aryl methyl sites for hydroxylation is 1.